The fourth-order valence-electron chi connectivity index (χ4n) is 4.09. The molecule has 152 valence electrons. The zero-order chi connectivity index (χ0) is 20.2. The summed E-state index contributed by atoms with van der Waals surface area (Å²) in [6, 6.07) is 11.0. The number of nitrogens with one attached hydrogen (secondary N) is 1. The van der Waals surface area contributed by atoms with Crippen molar-refractivity contribution in [2.75, 3.05) is 6.61 Å². The van der Waals surface area contributed by atoms with Crippen LogP contribution in [0.25, 0.3) is 10.9 Å². The van der Waals surface area contributed by atoms with Crippen LogP contribution in [0.3, 0.4) is 0 Å². The summed E-state index contributed by atoms with van der Waals surface area (Å²) in [6.45, 7) is 2.77. The lowest BCUT2D eigenvalue weighted by atomic mass is 9.93. The molecule has 1 N–H and O–H groups in total. The summed E-state index contributed by atoms with van der Waals surface area (Å²) >= 11 is 0. The van der Waals surface area contributed by atoms with Crippen molar-refractivity contribution in [2.24, 2.45) is 0 Å². The van der Waals surface area contributed by atoms with E-state index in [0.29, 0.717) is 17.9 Å². The molecule has 0 saturated heterocycles. The molecule has 0 atom stereocenters. The zero-order valence-corrected chi connectivity index (χ0v) is 16.6. The molecule has 29 heavy (non-hydrogen) atoms. The van der Waals surface area contributed by atoms with E-state index in [2.05, 4.69) is 4.98 Å². The number of fused-ring (bicyclic) bond motifs is 1. The molecule has 1 saturated carbocycles. The lowest BCUT2D eigenvalue weighted by Crippen LogP contribution is -2.42. The number of pyridine rings is 1. The van der Waals surface area contributed by atoms with Crippen molar-refractivity contribution < 1.29 is 13.9 Å². The second kappa shape index (κ2) is 8.55. The highest BCUT2D eigenvalue weighted by Crippen LogP contribution is 2.26. The van der Waals surface area contributed by atoms with Gasteiger partial charge in [0.05, 0.1) is 19.4 Å². The Morgan fingerprint density at radius 1 is 1.21 bits per heavy atom. The van der Waals surface area contributed by atoms with Gasteiger partial charge in [0, 0.05) is 22.5 Å². The standard InChI is InChI=1S/C23H26N2O4/c1-2-28-19-10-11-20-16(14-19)13-17(22(26)24-20)15-25(18-7-4-3-5-8-18)23(27)21-9-6-12-29-21/h6,9-14,18H,2-5,7-8,15H2,1H3,(H,24,26). The van der Waals surface area contributed by atoms with Crippen LogP contribution in [0, 0.1) is 0 Å². The topological polar surface area (TPSA) is 75.5 Å². The van der Waals surface area contributed by atoms with E-state index in [-0.39, 0.29) is 24.1 Å². The fraction of sp³-hybridized carbons (Fsp3) is 0.391. The first-order chi connectivity index (χ1) is 14.2. The van der Waals surface area contributed by atoms with Gasteiger partial charge in [-0.3, -0.25) is 9.59 Å². The van der Waals surface area contributed by atoms with Crippen LogP contribution in [0.1, 0.15) is 55.1 Å². The molecule has 1 aromatic carbocycles. The molecule has 0 unspecified atom stereocenters. The van der Waals surface area contributed by atoms with Gasteiger partial charge in [0.1, 0.15) is 5.75 Å². The lowest BCUT2D eigenvalue weighted by Gasteiger charge is -2.33. The number of rotatable bonds is 6. The maximum atomic E-state index is 13.1. The minimum Gasteiger partial charge on any atom is -0.494 e. The zero-order valence-electron chi connectivity index (χ0n) is 16.6. The molecule has 0 bridgehead atoms. The molecule has 6 nitrogen and oxygen atoms in total. The number of hydrogen-bond acceptors (Lipinski definition) is 4. The van der Waals surface area contributed by atoms with Crippen molar-refractivity contribution in [1.82, 2.24) is 9.88 Å². The smallest absolute Gasteiger partial charge is 0.290 e. The van der Waals surface area contributed by atoms with Crippen LogP contribution in [0.15, 0.2) is 51.9 Å². The molecular weight excluding hydrogens is 368 g/mol. The van der Waals surface area contributed by atoms with Gasteiger partial charge in [-0.15, -0.1) is 0 Å². The van der Waals surface area contributed by atoms with Crippen LogP contribution in [0.2, 0.25) is 0 Å². The number of amides is 1. The van der Waals surface area contributed by atoms with Gasteiger partial charge in [-0.2, -0.15) is 0 Å². The third-order valence-electron chi connectivity index (χ3n) is 5.55. The summed E-state index contributed by atoms with van der Waals surface area (Å²) in [6.07, 6.45) is 6.79. The van der Waals surface area contributed by atoms with E-state index in [4.69, 9.17) is 9.15 Å². The Morgan fingerprint density at radius 3 is 2.76 bits per heavy atom. The van der Waals surface area contributed by atoms with Crippen molar-refractivity contribution in [3.8, 4) is 5.75 Å². The molecule has 0 aliphatic heterocycles. The van der Waals surface area contributed by atoms with Crippen molar-refractivity contribution in [1.29, 1.82) is 0 Å². The number of aromatic nitrogens is 1. The molecule has 0 radical (unpaired) electrons. The highest BCUT2D eigenvalue weighted by atomic mass is 16.5. The number of nitrogens with zero attached hydrogens (tertiary/aromatic N) is 1. The third kappa shape index (κ3) is 4.21. The summed E-state index contributed by atoms with van der Waals surface area (Å²) in [4.78, 5) is 30.6. The Kier molecular flexibility index (Phi) is 5.69. The van der Waals surface area contributed by atoms with Crippen LogP contribution in [0.4, 0.5) is 0 Å². The number of benzene rings is 1. The van der Waals surface area contributed by atoms with E-state index in [1.165, 1.54) is 12.7 Å². The Balaban J connectivity index is 1.68. The van der Waals surface area contributed by atoms with E-state index >= 15 is 0 Å². The second-order valence-corrected chi connectivity index (χ2v) is 7.51. The van der Waals surface area contributed by atoms with E-state index in [0.717, 1.165) is 42.3 Å². The van der Waals surface area contributed by atoms with Gasteiger partial charge in [0.2, 0.25) is 0 Å². The summed E-state index contributed by atoms with van der Waals surface area (Å²) in [7, 11) is 0. The van der Waals surface area contributed by atoms with Gasteiger partial charge in [-0.05, 0) is 56.2 Å². The van der Waals surface area contributed by atoms with Crippen LogP contribution in [0.5, 0.6) is 5.75 Å². The summed E-state index contributed by atoms with van der Waals surface area (Å²) in [5.41, 5.74) is 1.15. The van der Waals surface area contributed by atoms with E-state index < -0.39 is 0 Å². The van der Waals surface area contributed by atoms with Gasteiger partial charge >= 0.3 is 0 Å². The quantitative estimate of drug-likeness (QED) is 0.668. The van der Waals surface area contributed by atoms with E-state index in [1.807, 2.05) is 31.2 Å². The Morgan fingerprint density at radius 2 is 2.03 bits per heavy atom. The van der Waals surface area contributed by atoms with Gasteiger partial charge < -0.3 is 19.0 Å². The summed E-state index contributed by atoms with van der Waals surface area (Å²) < 4.78 is 10.9. The summed E-state index contributed by atoms with van der Waals surface area (Å²) in [5.74, 6) is 0.907. The molecule has 2 heterocycles. The number of aromatic amines is 1. The van der Waals surface area contributed by atoms with Gasteiger partial charge in [0.15, 0.2) is 5.76 Å². The first kappa shape index (κ1) is 19.3. The van der Waals surface area contributed by atoms with Crippen LogP contribution >= 0.6 is 0 Å². The molecule has 1 amide bonds. The second-order valence-electron chi connectivity index (χ2n) is 7.51. The Hall–Kier alpha value is -3.02. The first-order valence-corrected chi connectivity index (χ1v) is 10.3. The predicted molar refractivity (Wildman–Crippen MR) is 111 cm³/mol. The molecule has 1 aliphatic rings. The number of ether oxygens (including phenoxy) is 1. The average molecular weight is 394 g/mol. The molecule has 2 aromatic heterocycles. The van der Waals surface area contributed by atoms with Gasteiger partial charge in [-0.1, -0.05) is 19.3 Å². The lowest BCUT2D eigenvalue weighted by molar-refractivity contribution is 0.0581. The fourth-order valence-corrected chi connectivity index (χ4v) is 4.09. The highest BCUT2D eigenvalue weighted by molar-refractivity contribution is 5.91. The summed E-state index contributed by atoms with van der Waals surface area (Å²) in [5, 5.41) is 0.889. The van der Waals surface area contributed by atoms with Crippen molar-refractivity contribution in [2.45, 2.75) is 51.6 Å². The number of H-pyrrole nitrogens is 1. The molecular formula is C23H26N2O4. The third-order valence-corrected chi connectivity index (χ3v) is 5.55. The molecule has 1 fully saturated rings. The number of furan rings is 1. The molecule has 3 aromatic rings. The number of hydrogen-bond donors (Lipinski definition) is 1. The predicted octanol–water partition coefficient (Wildman–Crippen LogP) is 4.49. The largest absolute Gasteiger partial charge is 0.494 e. The normalized spacial score (nSPS) is 14.8. The van der Waals surface area contributed by atoms with Crippen molar-refractivity contribution >= 4 is 16.8 Å². The maximum Gasteiger partial charge on any atom is 0.290 e. The minimum absolute atomic E-state index is 0.117. The van der Waals surface area contributed by atoms with E-state index in [9.17, 15) is 9.59 Å². The Bertz CT molecular complexity index is 1030. The molecule has 0 spiro atoms. The van der Waals surface area contributed by atoms with Crippen LogP contribution < -0.4 is 10.3 Å². The minimum atomic E-state index is -0.172. The molecule has 1 aliphatic carbocycles. The average Bonchev–Trinajstić information content (AvgIpc) is 3.28. The number of carbonyl (C=O) groups excluding carboxylic acids is 1. The molecule has 4 rings (SSSR count). The van der Waals surface area contributed by atoms with Crippen molar-refractivity contribution in [3.63, 3.8) is 0 Å². The van der Waals surface area contributed by atoms with Crippen LogP contribution in [-0.2, 0) is 6.54 Å². The van der Waals surface area contributed by atoms with Gasteiger partial charge in [0.25, 0.3) is 11.5 Å². The SMILES string of the molecule is CCOc1ccc2[nH]c(=O)c(CN(C(=O)c3ccco3)C3CCCCC3)cc2c1. The number of carbonyl (C=O) groups is 1. The van der Waals surface area contributed by atoms with Crippen LogP contribution in [-0.4, -0.2) is 28.4 Å². The first-order valence-electron chi connectivity index (χ1n) is 10.3. The maximum absolute atomic E-state index is 13.1. The Labute approximate surface area is 169 Å². The van der Waals surface area contributed by atoms with Gasteiger partial charge in [-0.25, -0.2) is 0 Å². The highest BCUT2D eigenvalue weighted by Gasteiger charge is 2.28. The van der Waals surface area contributed by atoms with E-state index in [1.54, 1.807) is 17.0 Å². The van der Waals surface area contributed by atoms with Crippen molar-refractivity contribution in [3.05, 3.63) is 64.3 Å². The monoisotopic (exact) mass is 394 g/mol. The molecule has 6 heteroatoms.